The van der Waals surface area contributed by atoms with Crippen LogP contribution in [0.4, 0.5) is 5.69 Å². The molecule has 2 aromatic rings. The molecule has 0 bridgehead atoms. The molecule has 1 aromatic heterocycles. The highest BCUT2D eigenvalue weighted by atomic mass is 16.6. The molecule has 1 heterocycles. The number of nitro groups is 1. The van der Waals surface area contributed by atoms with Gasteiger partial charge >= 0.3 is 0 Å². The maximum Gasteiger partial charge on any atom is 0.280 e. The van der Waals surface area contributed by atoms with E-state index in [-0.39, 0.29) is 11.3 Å². The van der Waals surface area contributed by atoms with Gasteiger partial charge in [-0.3, -0.25) is 14.9 Å². The first-order valence-corrected chi connectivity index (χ1v) is 5.30. The van der Waals surface area contributed by atoms with Crippen molar-refractivity contribution in [3.63, 3.8) is 0 Å². The number of carbonyl (C=O) groups is 1. The van der Waals surface area contributed by atoms with Crippen molar-refractivity contribution in [2.45, 2.75) is 13.8 Å². The standard InChI is InChI=1S/C12H11N3O3/c1-8-5-9(2)14(13-8)11-3-4-12(15(17)18)10(6-11)7-16/h3-7H,1-2H3. The Bertz CT molecular complexity index is 631. The lowest BCUT2D eigenvalue weighted by Crippen LogP contribution is -2.02. The van der Waals surface area contributed by atoms with E-state index in [9.17, 15) is 14.9 Å². The fourth-order valence-electron chi connectivity index (χ4n) is 1.82. The molecule has 0 aliphatic heterocycles. The highest BCUT2D eigenvalue weighted by Crippen LogP contribution is 2.21. The van der Waals surface area contributed by atoms with Gasteiger partial charge < -0.3 is 0 Å². The number of hydrogen-bond acceptors (Lipinski definition) is 4. The molecule has 0 amide bonds. The number of aromatic nitrogens is 2. The van der Waals surface area contributed by atoms with Gasteiger partial charge in [0, 0.05) is 11.8 Å². The summed E-state index contributed by atoms with van der Waals surface area (Å²) in [4.78, 5) is 21.0. The van der Waals surface area contributed by atoms with Gasteiger partial charge in [-0.15, -0.1) is 0 Å². The molecule has 0 aliphatic carbocycles. The summed E-state index contributed by atoms with van der Waals surface area (Å²) in [7, 11) is 0. The van der Waals surface area contributed by atoms with Crippen LogP contribution < -0.4 is 0 Å². The van der Waals surface area contributed by atoms with Crippen LogP contribution in [0.1, 0.15) is 21.7 Å². The van der Waals surface area contributed by atoms with Gasteiger partial charge in [-0.05, 0) is 32.0 Å². The largest absolute Gasteiger partial charge is 0.298 e. The summed E-state index contributed by atoms with van der Waals surface area (Å²) in [6, 6.07) is 6.24. The van der Waals surface area contributed by atoms with Gasteiger partial charge in [0.05, 0.1) is 21.9 Å². The van der Waals surface area contributed by atoms with Crippen LogP contribution >= 0.6 is 0 Å². The van der Waals surface area contributed by atoms with Crippen molar-refractivity contribution in [1.82, 2.24) is 9.78 Å². The number of aryl methyl sites for hydroxylation is 2. The van der Waals surface area contributed by atoms with Crippen molar-refractivity contribution < 1.29 is 9.72 Å². The van der Waals surface area contributed by atoms with E-state index < -0.39 is 4.92 Å². The summed E-state index contributed by atoms with van der Waals surface area (Å²) in [5, 5.41) is 15.0. The monoisotopic (exact) mass is 245 g/mol. The van der Waals surface area contributed by atoms with Crippen LogP contribution in [0.25, 0.3) is 5.69 Å². The first kappa shape index (κ1) is 12.0. The summed E-state index contributed by atoms with van der Waals surface area (Å²) in [6.45, 7) is 3.73. The molecule has 6 nitrogen and oxygen atoms in total. The number of benzene rings is 1. The van der Waals surface area contributed by atoms with Crippen LogP contribution in [0.15, 0.2) is 24.3 Å². The van der Waals surface area contributed by atoms with Crippen LogP contribution in [0.3, 0.4) is 0 Å². The summed E-state index contributed by atoms with van der Waals surface area (Å²) in [6.07, 6.45) is 0.479. The maximum atomic E-state index is 10.9. The minimum atomic E-state index is -0.575. The molecule has 6 heteroatoms. The van der Waals surface area contributed by atoms with Crippen molar-refractivity contribution in [1.29, 1.82) is 0 Å². The second-order valence-corrected chi connectivity index (χ2v) is 3.96. The van der Waals surface area contributed by atoms with Gasteiger partial charge in [-0.25, -0.2) is 4.68 Å². The summed E-state index contributed by atoms with van der Waals surface area (Å²) >= 11 is 0. The SMILES string of the molecule is Cc1cc(C)n(-c2ccc([N+](=O)[O-])c(C=O)c2)n1. The topological polar surface area (TPSA) is 78.0 Å². The highest BCUT2D eigenvalue weighted by molar-refractivity contribution is 5.82. The number of nitrogens with zero attached hydrogens (tertiary/aromatic N) is 3. The molecule has 0 saturated heterocycles. The molecule has 18 heavy (non-hydrogen) atoms. The number of aldehydes is 1. The normalized spacial score (nSPS) is 10.3. The quantitative estimate of drug-likeness (QED) is 0.472. The van der Waals surface area contributed by atoms with Gasteiger partial charge in [0.25, 0.3) is 5.69 Å². The predicted octanol–water partition coefficient (Wildman–Crippen LogP) is 2.21. The molecule has 0 N–H and O–H groups in total. The number of rotatable bonds is 3. The Hall–Kier alpha value is -2.50. The molecule has 0 saturated carbocycles. The number of nitro benzene ring substituents is 1. The summed E-state index contributed by atoms with van der Waals surface area (Å²) < 4.78 is 1.64. The van der Waals surface area contributed by atoms with Gasteiger partial charge in [-0.1, -0.05) is 0 Å². The predicted molar refractivity (Wildman–Crippen MR) is 65.1 cm³/mol. The van der Waals surface area contributed by atoms with Crippen molar-refractivity contribution in [2.75, 3.05) is 0 Å². The summed E-state index contributed by atoms with van der Waals surface area (Å²) in [5.74, 6) is 0. The van der Waals surface area contributed by atoms with Crippen LogP contribution in [-0.4, -0.2) is 21.0 Å². The first-order valence-electron chi connectivity index (χ1n) is 5.30. The highest BCUT2D eigenvalue weighted by Gasteiger charge is 2.15. The first-order chi connectivity index (χ1) is 8.52. The minimum absolute atomic E-state index is 0.0463. The van der Waals surface area contributed by atoms with Crippen molar-refractivity contribution in [2.24, 2.45) is 0 Å². The fourth-order valence-corrected chi connectivity index (χ4v) is 1.82. The maximum absolute atomic E-state index is 10.9. The van der Waals surface area contributed by atoms with Crippen LogP contribution in [-0.2, 0) is 0 Å². The van der Waals surface area contributed by atoms with Crippen LogP contribution in [0, 0.1) is 24.0 Å². The molecular weight excluding hydrogens is 234 g/mol. The molecule has 92 valence electrons. The molecule has 0 aliphatic rings. The average Bonchev–Trinajstić information content (AvgIpc) is 2.67. The zero-order chi connectivity index (χ0) is 13.3. The van der Waals surface area contributed by atoms with E-state index in [1.54, 1.807) is 10.7 Å². The van der Waals surface area contributed by atoms with Crippen LogP contribution in [0.2, 0.25) is 0 Å². The third-order valence-electron chi connectivity index (χ3n) is 2.59. The third-order valence-corrected chi connectivity index (χ3v) is 2.59. The summed E-state index contributed by atoms with van der Waals surface area (Å²) in [5.41, 5.74) is 2.23. The van der Waals surface area contributed by atoms with Gasteiger partial charge in [0.2, 0.25) is 0 Å². The lowest BCUT2D eigenvalue weighted by atomic mass is 10.2. The van der Waals surface area contributed by atoms with Crippen molar-refractivity contribution >= 4 is 12.0 Å². The minimum Gasteiger partial charge on any atom is -0.298 e. The second kappa shape index (κ2) is 4.40. The van der Waals surface area contributed by atoms with Gasteiger partial charge in [-0.2, -0.15) is 5.10 Å². The van der Waals surface area contributed by atoms with Crippen molar-refractivity contribution in [3.8, 4) is 5.69 Å². The second-order valence-electron chi connectivity index (χ2n) is 3.96. The zero-order valence-corrected chi connectivity index (χ0v) is 9.95. The van der Waals surface area contributed by atoms with E-state index in [0.29, 0.717) is 12.0 Å². The van der Waals surface area contributed by atoms with E-state index in [1.807, 2.05) is 19.9 Å². The Balaban J connectivity index is 2.57. The molecule has 0 spiro atoms. The van der Waals surface area contributed by atoms with Gasteiger partial charge in [0.15, 0.2) is 6.29 Å². The fraction of sp³-hybridized carbons (Fsp3) is 0.167. The van der Waals surface area contributed by atoms with Crippen molar-refractivity contribution in [3.05, 3.63) is 51.3 Å². The van der Waals surface area contributed by atoms with E-state index in [4.69, 9.17) is 0 Å². The molecule has 2 rings (SSSR count). The van der Waals surface area contributed by atoms with Crippen LogP contribution in [0.5, 0.6) is 0 Å². The van der Waals surface area contributed by atoms with Gasteiger partial charge in [0.1, 0.15) is 0 Å². The lowest BCUT2D eigenvalue weighted by molar-refractivity contribution is -0.385. The Morgan fingerprint density at radius 2 is 2.06 bits per heavy atom. The average molecular weight is 245 g/mol. The van der Waals surface area contributed by atoms with E-state index in [2.05, 4.69) is 5.10 Å². The molecule has 0 fully saturated rings. The Kier molecular flexibility index (Phi) is 2.93. The van der Waals surface area contributed by atoms with E-state index in [0.717, 1.165) is 11.4 Å². The Morgan fingerprint density at radius 1 is 1.33 bits per heavy atom. The molecular formula is C12H11N3O3. The molecule has 0 radical (unpaired) electrons. The molecule has 0 unspecified atom stereocenters. The van der Waals surface area contributed by atoms with E-state index in [1.165, 1.54) is 12.1 Å². The zero-order valence-electron chi connectivity index (χ0n) is 9.95. The number of carbonyl (C=O) groups excluding carboxylic acids is 1. The Morgan fingerprint density at radius 3 is 2.56 bits per heavy atom. The smallest absolute Gasteiger partial charge is 0.280 e. The Labute approximate surface area is 103 Å². The lowest BCUT2D eigenvalue weighted by Gasteiger charge is -2.05. The molecule has 0 atom stereocenters. The number of hydrogen-bond donors (Lipinski definition) is 0. The van der Waals surface area contributed by atoms with E-state index >= 15 is 0 Å². The molecule has 1 aromatic carbocycles. The third kappa shape index (κ3) is 2.00.